The van der Waals surface area contributed by atoms with Crippen molar-refractivity contribution in [3.8, 4) is 0 Å². The van der Waals surface area contributed by atoms with Crippen molar-refractivity contribution in [2.24, 2.45) is 5.92 Å². The van der Waals surface area contributed by atoms with Gasteiger partial charge in [0.15, 0.2) is 0 Å². The van der Waals surface area contributed by atoms with Crippen LogP contribution in [0, 0.1) is 16.0 Å². The highest BCUT2D eigenvalue weighted by molar-refractivity contribution is 5.37. The van der Waals surface area contributed by atoms with Crippen molar-refractivity contribution in [3.63, 3.8) is 0 Å². The van der Waals surface area contributed by atoms with Crippen LogP contribution in [0.2, 0.25) is 0 Å². The van der Waals surface area contributed by atoms with Gasteiger partial charge in [0.05, 0.1) is 4.92 Å². The minimum atomic E-state index is -0.321. The third kappa shape index (κ3) is 2.17. The number of nitro groups is 1. The maximum absolute atomic E-state index is 10.7. The van der Waals surface area contributed by atoms with Gasteiger partial charge in [0.25, 0.3) is 5.69 Å². The van der Waals surface area contributed by atoms with Gasteiger partial charge in [-0.1, -0.05) is 25.5 Å². The topological polar surface area (TPSA) is 55.2 Å². The number of nitro benzene ring substituents is 1. The molecule has 17 heavy (non-hydrogen) atoms. The van der Waals surface area contributed by atoms with Gasteiger partial charge in [-0.15, -0.1) is 0 Å². The average molecular weight is 234 g/mol. The van der Waals surface area contributed by atoms with Crippen molar-refractivity contribution < 1.29 is 4.92 Å². The first-order valence-corrected chi connectivity index (χ1v) is 6.09. The molecule has 0 aliphatic heterocycles. The molecular formula is C13H18N2O2. The standard InChI is InChI=1S/C13H18N2O2/c1-3-11-12(8-13(11)14-2)9-5-4-6-10(7-9)15(16)17/h4-7,11-14H,3,8H2,1-2H3. The lowest BCUT2D eigenvalue weighted by Gasteiger charge is -2.44. The zero-order valence-corrected chi connectivity index (χ0v) is 10.2. The third-order valence-corrected chi connectivity index (χ3v) is 3.89. The molecule has 2 rings (SSSR count). The molecule has 0 bridgehead atoms. The van der Waals surface area contributed by atoms with E-state index in [1.807, 2.05) is 13.1 Å². The summed E-state index contributed by atoms with van der Waals surface area (Å²) in [7, 11) is 1.98. The van der Waals surface area contributed by atoms with Gasteiger partial charge in [-0.25, -0.2) is 0 Å². The highest BCUT2D eigenvalue weighted by Crippen LogP contribution is 2.44. The van der Waals surface area contributed by atoms with Crippen molar-refractivity contribution in [1.29, 1.82) is 0 Å². The molecule has 92 valence electrons. The Morgan fingerprint density at radius 2 is 2.29 bits per heavy atom. The summed E-state index contributed by atoms with van der Waals surface area (Å²) in [5.41, 5.74) is 1.31. The van der Waals surface area contributed by atoms with Crippen LogP contribution >= 0.6 is 0 Å². The molecule has 3 atom stereocenters. The van der Waals surface area contributed by atoms with E-state index in [2.05, 4.69) is 12.2 Å². The number of nitrogens with one attached hydrogen (secondary N) is 1. The summed E-state index contributed by atoms with van der Waals surface area (Å²) in [5.74, 6) is 1.07. The smallest absolute Gasteiger partial charge is 0.269 e. The lowest BCUT2D eigenvalue weighted by atomic mass is 9.65. The largest absolute Gasteiger partial charge is 0.317 e. The number of benzene rings is 1. The van der Waals surface area contributed by atoms with E-state index in [1.54, 1.807) is 18.2 Å². The second kappa shape index (κ2) is 4.84. The fraction of sp³-hybridized carbons (Fsp3) is 0.538. The molecule has 1 aromatic rings. The molecule has 0 saturated heterocycles. The first kappa shape index (κ1) is 12.0. The summed E-state index contributed by atoms with van der Waals surface area (Å²) in [6, 6.07) is 7.63. The SMILES string of the molecule is CCC1C(NC)CC1c1cccc([N+](=O)[O-])c1. The van der Waals surface area contributed by atoms with E-state index in [0.717, 1.165) is 18.4 Å². The van der Waals surface area contributed by atoms with Crippen molar-refractivity contribution in [2.75, 3.05) is 7.05 Å². The van der Waals surface area contributed by atoms with Crippen LogP contribution in [-0.4, -0.2) is 18.0 Å². The summed E-state index contributed by atoms with van der Waals surface area (Å²) < 4.78 is 0. The fourth-order valence-corrected chi connectivity index (χ4v) is 2.86. The maximum atomic E-state index is 10.7. The van der Waals surface area contributed by atoms with Crippen LogP contribution in [0.3, 0.4) is 0 Å². The summed E-state index contributed by atoms with van der Waals surface area (Å²) in [6.45, 7) is 2.18. The van der Waals surface area contributed by atoms with Gasteiger partial charge in [0.2, 0.25) is 0 Å². The van der Waals surface area contributed by atoms with Gasteiger partial charge < -0.3 is 5.32 Å². The number of non-ortho nitro benzene ring substituents is 1. The Bertz CT molecular complexity index is 420. The molecule has 0 spiro atoms. The Morgan fingerprint density at radius 1 is 1.53 bits per heavy atom. The minimum Gasteiger partial charge on any atom is -0.317 e. The molecule has 0 amide bonds. The quantitative estimate of drug-likeness (QED) is 0.643. The van der Waals surface area contributed by atoms with Crippen LogP contribution in [0.1, 0.15) is 31.2 Å². The van der Waals surface area contributed by atoms with Crippen LogP contribution in [0.5, 0.6) is 0 Å². The maximum Gasteiger partial charge on any atom is 0.269 e. The average Bonchev–Trinajstić information content (AvgIpc) is 2.29. The number of rotatable bonds is 4. The summed E-state index contributed by atoms with van der Waals surface area (Å²) >= 11 is 0. The second-order valence-corrected chi connectivity index (χ2v) is 4.66. The monoisotopic (exact) mass is 234 g/mol. The molecule has 1 saturated carbocycles. The van der Waals surface area contributed by atoms with Gasteiger partial charge in [-0.2, -0.15) is 0 Å². The van der Waals surface area contributed by atoms with Crippen molar-refractivity contribution >= 4 is 5.69 Å². The summed E-state index contributed by atoms with van der Waals surface area (Å²) in [5, 5.41) is 14.1. The Kier molecular flexibility index (Phi) is 3.43. The van der Waals surface area contributed by atoms with Crippen molar-refractivity contribution in [2.45, 2.75) is 31.7 Å². The Morgan fingerprint density at radius 3 is 2.88 bits per heavy atom. The van der Waals surface area contributed by atoms with Crippen LogP contribution in [0.25, 0.3) is 0 Å². The van der Waals surface area contributed by atoms with E-state index < -0.39 is 0 Å². The normalized spacial score (nSPS) is 27.5. The molecule has 1 N–H and O–H groups in total. The van der Waals surface area contributed by atoms with Crippen LogP contribution < -0.4 is 5.32 Å². The van der Waals surface area contributed by atoms with E-state index in [4.69, 9.17) is 0 Å². The molecule has 0 heterocycles. The highest BCUT2D eigenvalue weighted by Gasteiger charge is 2.39. The highest BCUT2D eigenvalue weighted by atomic mass is 16.6. The van der Waals surface area contributed by atoms with Gasteiger partial charge in [0, 0.05) is 18.2 Å². The lowest BCUT2D eigenvalue weighted by Crippen LogP contribution is -2.47. The Hall–Kier alpha value is -1.42. The molecule has 1 aliphatic rings. The molecule has 1 fully saturated rings. The van der Waals surface area contributed by atoms with E-state index in [0.29, 0.717) is 17.9 Å². The lowest BCUT2D eigenvalue weighted by molar-refractivity contribution is -0.385. The molecule has 3 unspecified atom stereocenters. The third-order valence-electron chi connectivity index (χ3n) is 3.89. The second-order valence-electron chi connectivity index (χ2n) is 4.66. The molecule has 4 heteroatoms. The molecule has 4 nitrogen and oxygen atoms in total. The van der Waals surface area contributed by atoms with Gasteiger partial charge in [0.1, 0.15) is 0 Å². The Balaban J connectivity index is 2.18. The van der Waals surface area contributed by atoms with Crippen molar-refractivity contribution in [1.82, 2.24) is 5.32 Å². The zero-order valence-electron chi connectivity index (χ0n) is 10.2. The minimum absolute atomic E-state index is 0.199. The first-order valence-electron chi connectivity index (χ1n) is 6.09. The van der Waals surface area contributed by atoms with E-state index in [1.165, 1.54) is 0 Å². The fourth-order valence-electron chi connectivity index (χ4n) is 2.86. The molecular weight excluding hydrogens is 216 g/mol. The van der Waals surface area contributed by atoms with E-state index in [-0.39, 0.29) is 10.6 Å². The first-order chi connectivity index (χ1) is 8.17. The predicted molar refractivity (Wildman–Crippen MR) is 67.1 cm³/mol. The number of nitrogens with zero attached hydrogens (tertiary/aromatic N) is 1. The zero-order chi connectivity index (χ0) is 12.4. The molecule has 1 aromatic carbocycles. The van der Waals surface area contributed by atoms with Crippen LogP contribution in [0.4, 0.5) is 5.69 Å². The number of hydrogen-bond donors (Lipinski definition) is 1. The number of hydrogen-bond acceptors (Lipinski definition) is 3. The van der Waals surface area contributed by atoms with Crippen LogP contribution in [-0.2, 0) is 0 Å². The van der Waals surface area contributed by atoms with E-state index in [9.17, 15) is 10.1 Å². The van der Waals surface area contributed by atoms with Gasteiger partial charge in [-0.3, -0.25) is 10.1 Å². The van der Waals surface area contributed by atoms with Gasteiger partial charge in [-0.05, 0) is 30.9 Å². The summed E-state index contributed by atoms with van der Waals surface area (Å²) in [4.78, 5) is 10.4. The predicted octanol–water partition coefficient (Wildman–Crippen LogP) is 2.70. The van der Waals surface area contributed by atoms with E-state index >= 15 is 0 Å². The molecule has 0 radical (unpaired) electrons. The van der Waals surface area contributed by atoms with Crippen molar-refractivity contribution in [3.05, 3.63) is 39.9 Å². The Labute approximate surface area is 101 Å². The molecule has 1 aliphatic carbocycles. The summed E-state index contributed by atoms with van der Waals surface area (Å²) in [6.07, 6.45) is 2.19. The van der Waals surface area contributed by atoms with Crippen LogP contribution in [0.15, 0.2) is 24.3 Å². The van der Waals surface area contributed by atoms with Gasteiger partial charge >= 0.3 is 0 Å². The molecule has 0 aromatic heterocycles.